The Bertz CT molecular complexity index is 5960. The number of alkyl halides is 3. The summed E-state index contributed by atoms with van der Waals surface area (Å²) in [7, 11) is 4.76. The van der Waals surface area contributed by atoms with E-state index in [0.29, 0.717) is 150 Å². The molecule has 15 aromatic rings. The van der Waals surface area contributed by atoms with E-state index < -0.39 is 17.7 Å². The SMILES string of the molecule is COCCn1cc(C(=O)Nc2cc3cc(C(=O)N4C[C@@H](CCl)c5c4cc(O)c4cccc(C)c54)[nH]c3cn2)nn1.COCCn1cc(C(=O)Nc2ccc3nc(C(=O)N4C[C@@H](CCl)c5c4cc(O)c4cccc(C)c54)cn3c2)nn1.COCCn1cc(C(=O)Nc2cnc3[nH]c(C(=O)N4C[C@@H](CCl)c5c4cc(O)c4cccc(C)c54)cc3c2)nn1. The summed E-state index contributed by atoms with van der Waals surface area (Å²) in [6, 6.07) is 32.4. The number of rotatable bonds is 21. The average molecular weight is 1680 g/mol. The van der Waals surface area contributed by atoms with Gasteiger partial charge in [-0.1, -0.05) is 70.2 Å². The number of ether oxygens (including phenoxy) is 3. The number of H-pyrrole nitrogens is 2. The highest BCUT2D eigenvalue weighted by atomic mass is 35.5. The van der Waals surface area contributed by atoms with Gasteiger partial charge >= 0.3 is 0 Å². The molecule has 3 aliphatic rings. The summed E-state index contributed by atoms with van der Waals surface area (Å²) in [5, 5.41) is 70.5. The number of aryl methyl sites for hydroxylation is 3. The van der Waals surface area contributed by atoms with Gasteiger partial charge in [0.2, 0.25) is 0 Å². The third-order valence-corrected chi connectivity index (χ3v) is 22.6. The number of imidazole rings is 1. The first-order chi connectivity index (χ1) is 58.1. The number of amides is 6. The van der Waals surface area contributed by atoms with Gasteiger partial charge in [0.05, 0.1) is 104 Å². The number of phenols is 3. The molecule has 36 heteroatoms. The van der Waals surface area contributed by atoms with E-state index in [-0.39, 0.29) is 75.5 Å². The Morgan fingerprint density at radius 1 is 0.467 bits per heavy atom. The lowest BCUT2D eigenvalue weighted by atomic mass is 9.92. The first-order valence-electron chi connectivity index (χ1n) is 38.1. The molecule has 0 aliphatic carbocycles. The van der Waals surface area contributed by atoms with Crippen molar-refractivity contribution in [1.29, 1.82) is 0 Å². The molecule has 12 heterocycles. The molecule has 0 saturated heterocycles. The molecule has 0 spiro atoms. The Balaban J connectivity index is 0.000000134. The normalized spacial score (nSPS) is 14.7. The molecule has 3 aliphatic heterocycles. The van der Waals surface area contributed by atoms with E-state index in [1.807, 2.05) is 75.4 Å². The maximum absolute atomic E-state index is 13.8. The summed E-state index contributed by atoms with van der Waals surface area (Å²) in [5.41, 5.74) is 11.9. The number of hydrogen-bond donors (Lipinski definition) is 8. The predicted molar refractivity (Wildman–Crippen MR) is 453 cm³/mol. The quantitative estimate of drug-likeness (QED) is 0.0310. The van der Waals surface area contributed by atoms with Crippen molar-refractivity contribution in [2.75, 3.05) is 109 Å². The fourth-order valence-electron chi connectivity index (χ4n) is 15.7. The van der Waals surface area contributed by atoms with Crippen LogP contribution in [0.2, 0.25) is 0 Å². The van der Waals surface area contributed by atoms with E-state index >= 15 is 0 Å². The van der Waals surface area contributed by atoms with Crippen molar-refractivity contribution in [3.63, 3.8) is 0 Å². The van der Waals surface area contributed by atoms with Gasteiger partial charge in [0.1, 0.15) is 51.4 Å². The summed E-state index contributed by atoms with van der Waals surface area (Å²) in [6.45, 7) is 9.92. The number of aromatic hydroxyl groups is 3. The summed E-state index contributed by atoms with van der Waals surface area (Å²) >= 11 is 19.1. The predicted octanol–water partition coefficient (Wildman–Crippen LogP) is 12.4. The zero-order chi connectivity index (χ0) is 83.9. The van der Waals surface area contributed by atoms with Gasteiger partial charge in [-0.15, -0.1) is 50.1 Å². The highest BCUT2D eigenvalue weighted by Crippen LogP contribution is 2.50. The van der Waals surface area contributed by atoms with Gasteiger partial charge in [-0.25, -0.2) is 29.0 Å². The standard InChI is InChI=1S/3C28H26ClN7O4/c1-15-4-3-5-19-23(37)10-22-25(24(15)19)17(11-29)13-36(22)28(39)20-9-16-8-18(12-30-26(16)32-20)31-27(38)21-14-35(34-33-21)6-7-40-2;1-15-4-3-5-18-23(37)10-22-26(25(15)18)17(11-29)13-36(22)28(39)19-8-16-9-24(30-12-20(16)31-19)32-27(38)21-14-35(34-33-21)6-7-40-2;1-16-4-3-5-19-23(37)10-22-26(25(16)19)17(11-29)12-36(22)28(39)21-14-34-13-18(6-7-24(34)31-21)30-27(38)20-15-35(33-32-20)8-9-40-2/h3-5,8-10,12,14,17,37H,6-7,11,13H2,1-2H3,(H,30,32)(H,31,38);3-5,8-10,12,14,17,31,37H,6-7,11,13H2,1-2H3,(H,30,32,38);3-7,10,13-15,17,37H,8-9,11-12H2,1-2H3,(H,30,38)/t3*17-/m111/s1. The molecule has 0 fully saturated rings. The Morgan fingerprint density at radius 2 is 0.900 bits per heavy atom. The second kappa shape index (κ2) is 33.9. The van der Waals surface area contributed by atoms with Crippen LogP contribution in [-0.4, -0.2) is 203 Å². The number of phenolic OH excluding ortho intramolecular Hbond substituents is 3. The van der Waals surface area contributed by atoms with Gasteiger partial charge in [-0.3, -0.25) is 28.8 Å². The fraction of sp³-hybridized carbons (Fsp3) is 0.250. The molecule has 9 aromatic heterocycles. The Labute approximate surface area is 697 Å². The molecule has 0 bridgehead atoms. The lowest BCUT2D eigenvalue weighted by molar-refractivity contribution is 0.0976. The Kier molecular flexibility index (Phi) is 22.7. The lowest BCUT2D eigenvalue weighted by Gasteiger charge is -2.18. The summed E-state index contributed by atoms with van der Waals surface area (Å²) in [5.74, 6) is -0.713. The highest BCUT2D eigenvalue weighted by molar-refractivity contribution is 6.21. The van der Waals surface area contributed by atoms with E-state index in [0.717, 1.165) is 65.7 Å². The molecule has 33 nitrogen and oxygen atoms in total. The number of pyridine rings is 3. The summed E-state index contributed by atoms with van der Waals surface area (Å²) < 4.78 is 21.3. The molecule has 6 aromatic carbocycles. The van der Waals surface area contributed by atoms with Crippen molar-refractivity contribution in [3.05, 3.63) is 220 Å². The first-order valence-corrected chi connectivity index (χ1v) is 39.7. The molecular weight excluding hydrogens is 1600 g/mol. The molecule has 8 N–H and O–H groups in total. The fourth-order valence-corrected chi connectivity index (χ4v) is 16.5. The number of nitrogens with zero attached hydrogens (tertiary/aromatic N) is 16. The van der Waals surface area contributed by atoms with Crippen molar-refractivity contribution in [3.8, 4) is 17.2 Å². The van der Waals surface area contributed by atoms with E-state index in [2.05, 4.69) is 71.8 Å². The summed E-state index contributed by atoms with van der Waals surface area (Å²) in [4.78, 5) is 104. The number of benzene rings is 6. The number of hydrogen-bond acceptors (Lipinski definition) is 21. The van der Waals surface area contributed by atoms with Crippen LogP contribution in [0.3, 0.4) is 0 Å². The largest absolute Gasteiger partial charge is 0.507 e. The van der Waals surface area contributed by atoms with Crippen LogP contribution < -0.4 is 30.7 Å². The second-order valence-corrected chi connectivity index (χ2v) is 30.1. The molecule has 0 radical (unpaired) electrons. The number of carbonyl (C=O) groups is 6. The van der Waals surface area contributed by atoms with Crippen LogP contribution in [-0.2, 0) is 33.8 Å². The van der Waals surface area contributed by atoms with Crippen molar-refractivity contribution >= 4 is 164 Å². The zero-order valence-corrected chi connectivity index (χ0v) is 67.7. The molecule has 6 amide bonds. The van der Waals surface area contributed by atoms with Gasteiger partial charge in [-0.2, -0.15) is 0 Å². The van der Waals surface area contributed by atoms with E-state index in [1.165, 1.54) is 32.6 Å². The van der Waals surface area contributed by atoms with Crippen LogP contribution in [0.4, 0.5) is 34.3 Å². The minimum absolute atomic E-state index is 0.0786. The van der Waals surface area contributed by atoms with Crippen LogP contribution in [0, 0.1) is 20.8 Å². The number of fused-ring (bicyclic) bond motifs is 12. The molecule has 612 valence electrons. The van der Waals surface area contributed by atoms with E-state index in [1.54, 1.807) is 120 Å². The van der Waals surface area contributed by atoms with Gasteiger partial charge in [0.25, 0.3) is 35.4 Å². The molecule has 120 heavy (non-hydrogen) atoms. The third kappa shape index (κ3) is 15.5. The van der Waals surface area contributed by atoms with E-state index in [9.17, 15) is 44.1 Å². The average Bonchev–Trinajstić information content (AvgIpc) is 1.58. The van der Waals surface area contributed by atoms with Crippen LogP contribution in [0.5, 0.6) is 17.2 Å². The second-order valence-electron chi connectivity index (χ2n) is 29.2. The lowest BCUT2D eigenvalue weighted by Crippen LogP contribution is -2.30. The monoisotopic (exact) mass is 1680 g/mol. The number of anilines is 6. The minimum atomic E-state index is -0.453. The Hall–Kier alpha value is -13.4. The molecule has 18 rings (SSSR count). The zero-order valence-electron chi connectivity index (χ0n) is 65.5. The van der Waals surface area contributed by atoms with Crippen molar-refractivity contribution in [2.24, 2.45) is 0 Å². The van der Waals surface area contributed by atoms with Gasteiger partial charge in [-0.05, 0) is 107 Å². The van der Waals surface area contributed by atoms with Crippen molar-refractivity contribution in [1.82, 2.24) is 74.3 Å². The van der Waals surface area contributed by atoms with Crippen LogP contribution in [0.1, 0.15) is 114 Å². The number of aromatic amines is 2. The molecule has 0 saturated carbocycles. The van der Waals surface area contributed by atoms with Crippen LogP contribution >= 0.6 is 34.8 Å². The van der Waals surface area contributed by atoms with Gasteiger partial charge in [0.15, 0.2) is 17.1 Å². The number of carbonyl (C=O) groups excluding carboxylic acids is 6. The Morgan fingerprint density at radius 3 is 1.36 bits per heavy atom. The van der Waals surface area contributed by atoms with Gasteiger partial charge < -0.3 is 74.5 Å². The topological polar surface area (TPSA) is 403 Å². The van der Waals surface area contributed by atoms with Crippen molar-refractivity contribution < 1.29 is 58.3 Å². The van der Waals surface area contributed by atoms with Crippen molar-refractivity contribution in [2.45, 2.75) is 58.2 Å². The molecular formula is C84H78Cl3N21O12. The first kappa shape index (κ1) is 80.4. The number of aromatic nitrogens is 15. The maximum Gasteiger partial charge on any atom is 0.278 e. The number of methoxy groups -OCH3 is 3. The number of nitrogens with one attached hydrogen (secondary N) is 5. The van der Waals surface area contributed by atoms with Crippen LogP contribution in [0.25, 0.3) is 59.9 Å². The highest BCUT2D eigenvalue weighted by Gasteiger charge is 2.40. The smallest absolute Gasteiger partial charge is 0.278 e. The maximum atomic E-state index is 13.8. The van der Waals surface area contributed by atoms with Gasteiger partial charge in [0, 0.05) is 134 Å². The molecule has 3 atom stereocenters. The minimum Gasteiger partial charge on any atom is -0.507 e. The molecule has 0 unspecified atom stereocenters. The third-order valence-electron chi connectivity index (χ3n) is 21.5. The number of halogens is 3. The summed E-state index contributed by atoms with van der Waals surface area (Å²) in [6.07, 6.45) is 11.0. The van der Waals surface area contributed by atoms with E-state index in [4.69, 9.17) is 49.0 Å². The van der Waals surface area contributed by atoms with Crippen LogP contribution in [0.15, 0.2) is 153 Å².